The molecule has 12 aliphatic heterocycles. The first-order chi connectivity index (χ1) is 40.7. The van der Waals surface area contributed by atoms with Gasteiger partial charge in [0.2, 0.25) is 0 Å². The maximum absolute atomic E-state index is 11.7. The van der Waals surface area contributed by atoms with Gasteiger partial charge < -0.3 is 182 Å². The standard InChI is InChI=1S/C48H74O37/c49-1-9-17(53)34(22(58)41(66)71-9)82-46-27(63)38-30(14(76-46)6-68-38)79-44-25(61)36(19(55)11(3-51)73-44)84-48-29(65)40-32(16(78-48)8-70-40)81-45-26(62)37(20(56)12(4-52)74-45)85-47-28(64)39-31(15(77-47)7-69-39)80-43-24(60)35(18(54)10(2-50)72-43)83-42-23(59)33-21(57)13(75-42)5-67-33/h9-66H,1-8H2/t9-,10-,11-,12-,13+,14+,15+,16+,17+,18+,19+,20+,21-,22-,23+,24-,25-,26-,27+,28+,29+,30-,31-,32-,33-,34+,35+,36+,37+,38+,39+,40+,41-,42+,43+,44-,45+,46-,47+,48+/m1/s1. The summed E-state index contributed by atoms with van der Waals surface area (Å²) in [6, 6.07) is 0. The first-order valence-corrected chi connectivity index (χ1v) is 28.0. The molecule has 12 fully saturated rings. The van der Waals surface area contributed by atoms with Gasteiger partial charge in [-0.1, -0.05) is 0 Å². The zero-order chi connectivity index (χ0) is 60.2. The Bertz CT molecular complexity index is 2200. The van der Waals surface area contributed by atoms with Crippen molar-refractivity contribution in [1.29, 1.82) is 0 Å². The number of fused-ring (bicyclic) bond motifs is 8. The van der Waals surface area contributed by atoms with Gasteiger partial charge in [-0.05, 0) is 0 Å². The van der Waals surface area contributed by atoms with Gasteiger partial charge >= 0.3 is 0 Å². The van der Waals surface area contributed by atoms with E-state index in [-0.39, 0.29) is 26.4 Å². The molecule has 8 bridgehead atoms. The Morgan fingerprint density at radius 2 is 0.482 bits per heavy atom. The molecule has 488 valence electrons. The van der Waals surface area contributed by atoms with E-state index < -0.39 is 272 Å². The van der Waals surface area contributed by atoms with Crippen LogP contribution < -0.4 is 0 Å². The van der Waals surface area contributed by atoms with Crippen molar-refractivity contribution in [1.82, 2.24) is 0 Å². The third kappa shape index (κ3) is 11.6. The number of aliphatic hydroxyl groups is 18. The zero-order valence-corrected chi connectivity index (χ0v) is 44.6. The lowest BCUT2D eigenvalue weighted by molar-refractivity contribution is -0.384. The SMILES string of the molecule is OC[C@H]1O[C@@H](O)[C@H](O)[C@@H](O[C@H]2O[C@H]3CO[C@@H]([C@@H]2O)[C@@H]3O[C@H]2O[C@H](CO)[C@H](O)[C@H](O[C@@H]3O[C@H]4CO[C@@H]([C@@H]3O)[C@@H]4O[C@@H]3O[C@H](CO)[C@H](O)[C@H](O[C@@H]4O[C@H]5CO[C@@H]([C@@H]4O)[C@@H]5O[C@@H]4O[C@H](CO)[C@H](O)[C@H](O[C@@H]5O[C@H]6CO[C@@H]([C@@H]5O)[C@@H]6O)[C@H]4O)[C@H]3O)[C@H]2O)[C@H]1O. The van der Waals surface area contributed by atoms with Gasteiger partial charge in [-0.15, -0.1) is 0 Å². The number of hydrogen-bond donors (Lipinski definition) is 18. The lowest BCUT2D eigenvalue weighted by Gasteiger charge is -2.48. The van der Waals surface area contributed by atoms with Crippen molar-refractivity contribution in [3.05, 3.63) is 0 Å². The molecule has 0 spiro atoms. The minimum atomic E-state index is -1.95. The van der Waals surface area contributed by atoms with E-state index in [1.165, 1.54) is 0 Å². The third-order valence-corrected chi connectivity index (χ3v) is 17.6. The van der Waals surface area contributed by atoms with Gasteiger partial charge in [-0.25, -0.2) is 0 Å². The van der Waals surface area contributed by atoms with Gasteiger partial charge in [0.05, 0.1) is 52.9 Å². The van der Waals surface area contributed by atoms with E-state index in [1.54, 1.807) is 0 Å². The molecule has 37 heteroatoms. The van der Waals surface area contributed by atoms with Crippen LogP contribution in [0.3, 0.4) is 0 Å². The Balaban J connectivity index is 0.660. The Labute approximate surface area is 479 Å². The summed E-state index contributed by atoms with van der Waals surface area (Å²) in [6.07, 6.45) is -61.8. The minimum Gasteiger partial charge on any atom is -0.394 e. The maximum Gasteiger partial charge on any atom is 0.187 e. The molecule has 0 aromatic rings. The summed E-state index contributed by atoms with van der Waals surface area (Å²) in [5.74, 6) is 0. The predicted octanol–water partition coefficient (Wildman–Crippen LogP) is -14.3. The fourth-order valence-electron chi connectivity index (χ4n) is 13.0. The van der Waals surface area contributed by atoms with E-state index in [0.717, 1.165) is 0 Å². The van der Waals surface area contributed by atoms with Gasteiger partial charge in [0.25, 0.3) is 0 Å². The summed E-state index contributed by atoms with van der Waals surface area (Å²) in [7, 11) is 0. The fraction of sp³-hybridized carbons (Fsp3) is 1.00. The maximum atomic E-state index is 11.7. The van der Waals surface area contributed by atoms with Crippen LogP contribution in [0.4, 0.5) is 0 Å². The Morgan fingerprint density at radius 1 is 0.235 bits per heavy atom. The zero-order valence-electron chi connectivity index (χ0n) is 44.6. The summed E-state index contributed by atoms with van der Waals surface area (Å²) in [5, 5.41) is 196. The smallest absolute Gasteiger partial charge is 0.187 e. The normalized spacial score (nSPS) is 57.5. The molecule has 12 heterocycles. The van der Waals surface area contributed by atoms with E-state index >= 15 is 0 Å². The lowest BCUT2D eigenvalue weighted by atomic mass is 9.96. The fourth-order valence-corrected chi connectivity index (χ4v) is 13.0. The second-order valence-electron chi connectivity index (χ2n) is 22.9. The van der Waals surface area contributed by atoms with Crippen LogP contribution in [0.25, 0.3) is 0 Å². The van der Waals surface area contributed by atoms with Crippen molar-refractivity contribution in [2.45, 2.75) is 246 Å². The molecular weight excluding hydrogens is 1170 g/mol. The predicted molar refractivity (Wildman–Crippen MR) is 251 cm³/mol. The molecule has 0 aromatic heterocycles. The van der Waals surface area contributed by atoms with Crippen molar-refractivity contribution in [2.24, 2.45) is 0 Å². The van der Waals surface area contributed by atoms with E-state index in [2.05, 4.69) is 0 Å². The first-order valence-electron chi connectivity index (χ1n) is 28.0. The average Bonchev–Trinajstić information content (AvgIpc) is 2.27. The van der Waals surface area contributed by atoms with Gasteiger partial charge in [0, 0.05) is 0 Å². The molecule has 12 saturated heterocycles. The van der Waals surface area contributed by atoms with Crippen LogP contribution in [0.1, 0.15) is 0 Å². The summed E-state index contributed by atoms with van der Waals surface area (Å²) < 4.78 is 110. The van der Waals surface area contributed by atoms with Crippen LogP contribution in [0.5, 0.6) is 0 Å². The Kier molecular flexibility index (Phi) is 19.4. The van der Waals surface area contributed by atoms with Crippen LogP contribution in [0.2, 0.25) is 0 Å². The average molecular weight is 1240 g/mol. The highest BCUT2D eigenvalue weighted by molar-refractivity contribution is 5.05. The molecular formula is C48H74O37. The highest BCUT2D eigenvalue weighted by Crippen LogP contribution is 2.43. The van der Waals surface area contributed by atoms with E-state index in [0.29, 0.717) is 0 Å². The number of hydrogen-bond acceptors (Lipinski definition) is 37. The van der Waals surface area contributed by atoms with E-state index in [1.807, 2.05) is 0 Å². The number of ether oxygens (including phenoxy) is 19. The van der Waals surface area contributed by atoms with Gasteiger partial charge in [-0.3, -0.25) is 0 Å². The van der Waals surface area contributed by atoms with Gasteiger partial charge in [0.15, 0.2) is 50.3 Å². The monoisotopic (exact) mass is 1240 g/mol. The van der Waals surface area contributed by atoms with E-state index in [4.69, 9.17) is 90.0 Å². The quantitative estimate of drug-likeness (QED) is 0.0606. The molecule has 85 heavy (non-hydrogen) atoms. The lowest BCUT2D eigenvalue weighted by Crippen LogP contribution is -2.67. The van der Waals surface area contributed by atoms with Crippen LogP contribution >= 0.6 is 0 Å². The second kappa shape index (κ2) is 25.9. The molecule has 18 N–H and O–H groups in total. The third-order valence-electron chi connectivity index (χ3n) is 17.6. The largest absolute Gasteiger partial charge is 0.394 e. The number of rotatable bonds is 18. The Morgan fingerprint density at radius 3 is 0.812 bits per heavy atom. The highest BCUT2D eigenvalue weighted by Gasteiger charge is 2.63. The molecule has 40 atom stereocenters. The topological polar surface area (TPSA) is 540 Å². The first kappa shape index (κ1) is 63.7. The van der Waals surface area contributed by atoms with Crippen molar-refractivity contribution in [3.8, 4) is 0 Å². The van der Waals surface area contributed by atoms with Crippen LogP contribution in [0.15, 0.2) is 0 Å². The summed E-state index contributed by atoms with van der Waals surface area (Å²) in [5.41, 5.74) is 0. The van der Waals surface area contributed by atoms with Crippen molar-refractivity contribution >= 4 is 0 Å². The Hall–Kier alpha value is -1.48. The molecule has 0 radical (unpaired) electrons. The molecule has 12 rings (SSSR count). The molecule has 0 aliphatic carbocycles. The van der Waals surface area contributed by atoms with Crippen molar-refractivity contribution in [3.63, 3.8) is 0 Å². The van der Waals surface area contributed by atoms with Crippen molar-refractivity contribution < 1.29 is 182 Å². The summed E-state index contributed by atoms with van der Waals surface area (Å²) >= 11 is 0. The van der Waals surface area contributed by atoms with E-state index in [9.17, 15) is 91.9 Å². The molecule has 37 nitrogen and oxygen atoms in total. The second-order valence-corrected chi connectivity index (χ2v) is 22.9. The van der Waals surface area contributed by atoms with Gasteiger partial charge in [0.1, 0.15) is 195 Å². The van der Waals surface area contributed by atoms with Gasteiger partial charge in [-0.2, -0.15) is 0 Å². The van der Waals surface area contributed by atoms with Crippen LogP contribution in [-0.2, 0) is 90.0 Å². The number of aliphatic hydroxyl groups excluding tert-OH is 18. The molecule has 0 unspecified atom stereocenters. The highest BCUT2D eigenvalue weighted by atomic mass is 16.8. The summed E-state index contributed by atoms with van der Waals surface area (Å²) in [4.78, 5) is 0. The summed E-state index contributed by atoms with van der Waals surface area (Å²) in [6.45, 7) is -4.07. The minimum absolute atomic E-state index is 0.0615. The molecule has 12 aliphatic rings. The van der Waals surface area contributed by atoms with Crippen LogP contribution in [-0.4, -0.2) is 390 Å². The molecule has 0 saturated carbocycles. The molecule has 0 aromatic carbocycles. The molecule has 0 amide bonds. The van der Waals surface area contributed by atoms with Crippen molar-refractivity contribution in [2.75, 3.05) is 52.9 Å². The van der Waals surface area contributed by atoms with Crippen LogP contribution in [0, 0.1) is 0 Å².